The third-order valence-corrected chi connectivity index (χ3v) is 3.27. The van der Waals surface area contributed by atoms with Crippen molar-refractivity contribution in [3.05, 3.63) is 35.0 Å². The molecule has 3 heteroatoms. The van der Waals surface area contributed by atoms with Crippen molar-refractivity contribution in [3.8, 4) is 0 Å². The molecule has 0 aliphatic heterocycles. The second-order valence-corrected chi connectivity index (χ2v) is 5.68. The molecular formula is C16H23N3. The highest BCUT2D eigenvalue weighted by Gasteiger charge is 2.11. The molecule has 0 saturated carbocycles. The minimum Gasteiger partial charge on any atom is -0.377 e. The summed E-state index contributed by atoms with van der Waals surface area (Å²) in [5.41, 5.74) is 11.8. The highest BCUT2D eigenvalue weighted by molar-refractivity contribution is 5.94. The van der Waals surface area contributed by atoms with E-state index < -0.39 is 0 Å². The second kappa shape index (κ2) is 5.17. The van der Waals surface area contributed by atoms with Gasteiger partial charge in [0.25, 0.3) is 0 Å². The minimum atomic E-state index is 0.148. The summed E-state index contributed by atoms with van der Waals surface area (Å²) in [5.74, 6) is 0. The van der Waals surface area contributed by atoms with E-state index in [2.05, 4.69) is 44.1 Å². The number of benzene rings is 1. The first-order valence-corrected chi connectivity index (χ1v) is 6.72. The first-order valence-electron chi connectivity index (χ1n) is 6.72. The van der Waals surface area contributed by atoms with Gasteiger partial charge in [0.1, 0.15) is 0 Å². The number of rotatable bonds is 3. The van der Waals surface area contributed by atoms with Crippen molar-refractivity contribution in [2.24, 2.45) is 5.73 Å². The number of nitrogens with two attached hydrogens (primary N) is 1. The molecule has 0 aliphatic carbocycles. The van der Waals surface area contributed by atoms with Crippen LogP contribution in [0, 0.1) is 13.8 Å². The molecule has 1 heterocycles. The number of fused-ring (bicyclic) bond motifs is 1. The molecule has 0 amide bonds. The van der Waals surface area contributed by atoms with Gasteiger partial charge in [-0.1, -0.05) is 11.6 Å². The Morgan fingerprint density at radius 1 is 1.21 bits per heavy atom. The molecule has 0 saturated heterocycles. The van der Waals surface area contributed by atoms with Crippen molar-refractivity contribution in [1.29, 1.82) is 0 Å². The summed E-state index contributed by atoms with van der Waals surface area (Å²) in [7, 11) is 4.14. The first-order chi connectivity index (χ1) is 8.88. The van der Waals surface area contributed by atoms with E-state index >= 15 is 0 Å². The maximum Gasteiger partial charge on any atom is 0.0758 e. The lowest BCUT2D eigenvalue weighted by Crippen LogP contribution is -2.18. The third kappa shape index (κ3) is 2.87. The molecule has 0 spiro atoms. The number of aryl methyl sites for hydroxylation is 2. The molecule has 1 unspecified atom stereocenters. The second-order valence-electron chi connectivity index (χ2n) is 5.68. The molecule has 1 aromatic heterocycles. The number of nitrogens with zero attached hydrogens (tertiary/aromatic N) is 2. The van der Waals surface area contributed by atoms with Crippen LogP contribution >= 0.6 is 0 Å². The van der Waals surface area contributed by atoms with Crippen molar-refractivity contribution in [1.82, 2.24) is 4.98 Å². The van der Waals surface area contributed by atoms with Gasteiger partial charge >= 0.3 is 0 Å². The van der Waals surface area contributed by atoms with Crippen molar-refractivity contribution in [3.63, 3.8) is 0 Å². The van der Waals surface area contributed by atoms with Crippen molar-refractivity contribution in [2.45, 2.75) is 33.2 Å². The average molecular weight is 257 g/mol. The van der Waals surface area contributed by atoms with Gasteiger partial charge in [0.05, 0.1) is 5.52 Å². The minimum absolute atomic E-state index is 0.148. The Morgan fingerprint density at radius 2 is 1.89 bits per heavy atom. The molecule has 0 radical (unpaired) electrons. The van der Waals surface area contributed by atoms with Crippen molar-refractivity contribution in [2.75, 3.05) is 19.0 Å². The Labute approximate surface area is 115 Å². The molecule has 2 aromatic rings. The van der Waals surface area contributed by atoms with E-state index in [-0.39, 0.29) is 6.04 Å². The van der Waals surface area contributed by atoms with E-state index in [4.69, 9.17) is 10.7 Å². The van der Waals surface area contributed by atoms with Crippen LogP contribution in [-0.4, -0.2) is 25.1 Å². The summed E-state index contributed by atoms with van der Waals surface area (Å²) in [6, 6.07) is 6.70. The standard InChI is InChI=1S/C16H23N3/c1-10-6-13(8-11(2)17)16-14(7-10)15(19(4)5)9-12(3)18-16/h6-7,9,11H,8,17H2,1-5H3. The zero-order valence-electron chi connectivity index (χ0n) is 12.5. The Morgan fingerprint density at radius 3 is 2.47 bits per heavy atom. The molecule has 19 heavy (non-hydrogen) atoms. The third-order valence-electron chi connectivity index (χ3n) is 3.27. The largest absolute Gasteiger partial charge is 0.377 e. The summed E-state index contributed by atoms with van der Waals surface area (Å²) < 4.78 is 0. The van der Waals surface area contributed by atoms with E-state index in [0.717, 1.165) is 17.6 Å². The van der Waals surface area contributed by atoms with E-state index in [1.807, 2.05) is 13.8 Å². The highest BCUT2D eigenvalue weighted by atomic mass is 15.1. The lowest BCUT2D eigenvalue weighted by molar-refractivity contribution is 0.740. The van der Waals surface area contributed by atoms with Crippen LogP contribution in [0.4, 0.5) is 5.69 Å². The molecule has 0 fully saturated rings. The van der Waals surface area contributed by atoms with Crippen LogP contribution in [0.2, 0.25) is 0 Å². The van der Waals surface area contributed by atoms with Crippen molar-refractivity contribution < 1.29 is 0 Å². The van der Waals surface area contributed by atoms with Gasteiger partial charge in [-0.2, -0.15) is 0 Å². The SMILES string of the molecule is Cc1cc(CC(C)N)c2nc(C)cc(N(C)C)c2c1. The van der Waals surface area contributed by atoms with Gasteiger partial charge in [0.15, 0.2) is 0 Å². The Kier molecular flexibility index (Phi) is 3.76. The molecule has 0 aliphatic rings. The quantitative estimate of drug-likeness (QED) is 0.919. The maximum atomic E-state index is 5.96. The topological polar surface area (TPSA) is 42.1 Å². The average Bonchev–Trinajstić information content (AvgIpc) is 2.28. The van der Waals surface area contributed by atoms with Gasteiger partial charge in [-0.15, -0.1) is 0 Å². The van der Waals surface area contributed by atoms with Gasteiger partial charge in [-0.05, 0) is 44.9 Å². The Balaban J connectivity index is 2.76. The molecule has 2 rings (SSSR count). The zero-order valence-corrected chi connectivity index (χ0v) is 12.5. The molecular weight excluding hydrogens is 234 g/mol. The number of hydrogen-bond donors (Lipinski definition) is 1. The van der Waals surface area contributed by atoms with Crippen LogP contribution in [0.5, 0.6) is 0 Å². The lowest BCUT2D eigenvalue weighted by Gasteiger charge is -2.18. The lowest BCUT2D eigenvalue weighted by atomic mass is 9.99. The molecule has 1 atom stereocenters. The monoisotopic (exact) mass is 257 g/mol. The van der Waals surface area contributed by atoms with E-state index in [1.165, 1.54) is 22.2 Å². The molecule has 3 nitrogen and oxygen atoms in total. The fraction of sp³-hybridized carbons (Fsp3) is 0.438. The van der Waals surface area contributed by atoms with Gasteiger partial charge in [-0.3, -0.25) is 4.98 Å². The Hall–Kier alpha value is -1.61. The van der Waals surface area contributed by atoms with Crippen molar-refractivity contribution >= 4 is 16.6 Å². The summed E-state index contributed by atoms with van der Waals surface area (Å²) in [4.78, 5) is 6.88. The van der Waals surface area contributed by atoms with E-state index in [9.17, 15) is 0 Å². The van der Waals surface area contributed by atoms with Crippen LogP contribution in [0.1, 0.15) is 23.7 Å². The van der Waals surface area contributed by atoms with E-state index in [1.54, 1.807) is 0 Å². The van der Waals surface area contributed by atoms with Crippen LogP contribution in [-0.2, 0) is 6.42 Å². The first kappa shape index (κ1) is 13.8. The summed E-state index contributed by atoms with van der Waals surface area (Å²) >= 11 is 0. The summed E-state index contributed by atoms with van der Waals surface area (Å²) in [5, 5.41) is 1.21. The fourth-order valence-corrected chi connectivity index (χ4v) is 2.54. The van der Waals surface area contributed by atoms with Gasteiger partial charge in [0, 0.05) is 36.9 Å². The van der Waals surface area contributed by atoms with Crippen LogP contribution < -0.4 is 10.6 Å². The predicted octanol–water partition coefficient (Wildman–Crippen LogP) is 2.81. The fourth-order valence-electron chi connectivity index (χ4n) is 2.54. The molecule has 0 bridgehead atoms. The van der Waals surface area contributed by atoms with Gasteiger partial charge < -0.3 is 10.6 Å². The number of aromatic nitrogens is 1. The molecule has 2 N–H and O–H groups in total. The summed E-state index contributed by atoms with van der Waals surface area (Å²) in [6.45, 7) is 6.21. The molecule has 1 aromatic carbocycles. The van der Waals surface area contributed by atoms with Crippen LogP contribution in [0.25, 0.3) is 10.9 Å². The van der Waals surface area contributed by atoms with Gasteiger partial charge in [-0.25, -0.2) is 0 Å². The van der Waals surface area contributed by atoms with E-state index in [0.29, 0.717) is 0 Å². The predicted molar refractivity (Wildman–Crippen MR) is 82.9 cm³/mol. The normalized spacial score (nSPS) is 12.7. The number of pyridine rings is 1. The maximum absolute atomic E-state index is 5.96. The smallest absolute Gasteiger partial charge is 0.0758 e. The van der Waals surface area contributed by atoms with Gasteiger partial charge in [0.2, 0.25) is 0 Å². The Bertz CT molecular complexity index is 600. The number of hydrogen-bond acceptors (Lipinski definition) is 3. The van der Waals surface area contributed by atoms with Crippen LogP contribution in [0.15, 0.2) is 18.2 Å². The highest BCUT2D eigenvalue weighted by Crippen LogP contribution is 2.29. The summed E-state index contributed by atoms with van der Waals surface area (Å²) in [6.07, 6.45) is 0.863. The zero-order chi connectivity index (χ0) is 14.2. The molecule has 102 valence electrons. The van der Waals surface area contributed by atoms with Crippen LogP contribution in [0.3, 0.4) is 0 Å². The number of anilines is 1.